The zero-order valence-corrected chi connectivity index (χ0v) is 24.2. The SMILES string of the molecule is CN1c2c(nc(N)[nH]c2=O)NC[C@H]1CNc1ccc(C(=O)N[C@@H](CCC(=O)O)C(=O)O)cc1.N[C@@H]1[C@@H](O)[C@@H](O)[C@@H](CO)O[C@H]1O. The molecule has 2 aromatic rings. The van der Waals surface area contributed by atoms with Crippen LogP contribution in [0.15, 0.2) is 29.1 Å². The molecule has 0 unspecified atom stereocenters. The van der Waals surface area contributed by atoms with E-state index in [0.717, 1.165) is 5.69 Å². The number of nitrogens with one attached hydrogen (secondary N) is 4. The Balaban J connectivity index is 0.000000385. The van der Waals surface area contributed by atoms with E-state index < -0.39 is 61.1 Å². The number of aromatic amines is 1. The number of amides is 1. The fourth-order valence-electron chi connectivity index (χ4n) is 4.54. The number of aliphatic hydroxyl groups is 4. The van der Waals surface area contributed by atoms with E-state index in [4.69, 9.17) is 31.5 Å². The van der Waals surface area contributed by atoms with Crippen LogP contribution in [0.4, 0.5) is 23.1 Å². The number of hydrogen-bond donors (Lipinski definition) is 12. The number of carbonyl (C=O) groups excluding carboxylic acids is 1. The molecule has 1 aromatic heterocycles. The monoisotopic (exact) mass is 638 g/mol. The number of likely N-dealkylation sites (N-methyl/N-ethyl adjacent to an activating group) is 1. The summed E-state index contributed by atoms with van der Waals surface area (Å²) in [5, 5.41) is 62.6. The zero-order valence-electron chi connectivity index (χ0n) is 24.2. The van der Waals surface area contributed by atoms with Crippen molar-refractivity contribution in [3.8, 4) is 0 Å². The quantitative estimate of drug-likeness (QED) is 0.120. The summed E-state index contributed by atoms with van der Waals surface area (Å²) in [6.45, 7) is 0.538. The predicted molar refractivity (Wildman–Crippen MR) is 159 cm³/mol. The Kier molecular flexibility index (Phi) is 12.0. The second kappa shape index (κ2) is 15.5. The summed E-state index contributed by atoms with van der Waals surface area (Å²) in [4.78, 5) is 54.9. The maximum absolute atomic E-state index is 12.3. The highest BCUT2D eigenvalue weighted by atomic mass is 16.6. The third-order valence-corrected chi connectivity index (χ3v) is 7.21. The van der Waals surface area contributed by atoms with Crippen LogP contribution in [0, 0.1) is 0 Å². The highest BCUT2D eigenvalue weighted by molar-refractivity contribution is 5.97. The van der Waals surface area contributed by atoms with Gasteiger partial charge in [-0.3, -0.25) is 19.4 Å². The minimum absolute atomic E-state index is 0.0388. The van der Waals surface area contributed by atoms with Gasteiger partial charge in [-0.15, -0.1) is 0 Å². The molecular formula is C26H38N8O11. The number of hydrogen-bond acceptors (Lipinski definition) is 15. The number of carboxylic acid groups (broad SMARTS) is 2. The largest absolute Gasteiger partial charge is 0.481 e. The summed E-state index contributed by atoms with van der Waals surface area (Å²) >= 11 is 0. The normalized spacial score (nSPS) is 24.6. The van der Waals surface area contributed by atoms with E-state index in [-0.39, 0.29) is 36.0 Å². The minimum atomic E-state index is -1.35. The fourth-order valence-corrected chi connectivity index (χ4v) is 4.54. The maximum Gasteiger partial charge on any atom is 0.326 e. The number of carbonyl (C=O) groups is 3. The third-order valence-electron chi connectivity index (χ3n) is 7.21. The van der Waals surface area contributed by atoms with Crippen LogP contribution in [0.25, 0.3) is 0 Å². The van der Waals surface area contributed by atoms with Gasteiger partial charge in [-0.25, -0.2) is 4.79 Å². The lowest BCUT2D eigenvalue weighted by Crippen LogP contribution is -2.61. The van der Waals surface area contributed by atoms with Gasteiger partial charge < -0.3 is 67.7 Å². The van der Waals surface area contributed by atoms with E-state index in [1.54, 1.807) is 19.2 Å². The molecule has 1 aromatic carbocycles. The van der Waals surface area contributed by atoms with Gasteiger partial charge in [0.1, 0.15) is 30.0 Å². The van der Waals surface area contributed by atoms with E-state index in [1.165, 1.54) is 12.1 Å². The van der Waals surface area contributed by atoms with Crippen molar-refractivity contribution >= 4 is 41.0 Å². The number of H-pyrrole nitrogens is 1. The van der Waals surface area contributed by atoms with Gasteiger partial charge in [-0.05, 0) is 30.7 Å². The minimum Gasteiger partial charge on any atom is -0.481 e. The van der Waals surface area contributed by atoms with Crippen LogP contribution in [0.3, 0.4) is 0 Å². The second-order valence-electron chi connectivity index (χ2n) is 10.4. The Hall–Kier alpha value is -4.53. The van der Waals surface area contributed by atoms with Crippen LogP contribution >= 0.6 is 0 Å². The van der Waals surface area contributed by atoms with Gasteiger partial charge in [0.05, 0.1) is 18.7 Å². The number of aromatic nitrogens is 2. The van der Waals surface area contributed by atoms with Crippen LogP contribution in [-0.2, 0) is 14.3 Å². The molecule has 1 amide bonds. The van der Waals surface area contributed by atoms with Crippen LogP contribution < -0.4 is 37.9 Å². The molecule has 45 heavy (non-hydrogen) atoms. The molecule has 248 valence electrons. The van der Waals surface area contributed by atoms with Crippen molar-refractivity contribution in [2.24, 2.45) is 5.73 Å². The van der Waals surface area contributed by atoms with Crippen molar-refractivity contribution in [2.45, 2.75) is 55.6 Å². The summed E-state index contributed by atoms with van der Waals surface area (Å²) in [6, 6.07) is 3.99. The standard InChI is InChI=1S/C20H25N7O6.C6H13NO5/c1-27-12(9-23-16-15(27)18(31)26-20(21)25-16)8-22-11-4-2-10(3-5-11)17(30)24-13(19(32)33)6-7-14(28)29;7-3-5(10)4(9)2(1-8)12-6(3)11/h2-5,12-13,22H,6-9H2,1H3,(H,24,30)(H,28,29)(H,32,33)(H4,21,23,25,26,31);2-6,8-11H,1,7H2/t12-,13+;2-,3-,4+,5-,6-/m11/s1. The number of aliphatic carboxylic acids is 2. The molecule has 2 aliphatic heterocycles. The Morgan fingerprint density at radius 3 is 2.42 bits per heavy atom. The molecule has 19 nitrogen and oxygen atoms in total. The second-order valence-corrected chi connectivity index (χ2v) is 10.4. The van der Waals surface area contributed by atoms with Crippen molar-refractivity contribution in [3.05, 3.63) is 40.2 Å². The van der Waals surface area contributed by atoms with Gasteiger partial charge in [0.15, 0.2) is 12.1 Å². The zero-order chi connectivity index (χ0) is 33.4. The van der Waals surface area contributed by atoms with Crippen LogP contribution in [0.1, 0.15) is 23.2 Å². The number of nitrogen functional groups attached to an aromatic ring is 1. The molecular weight excluding hydrogens is 600 g/mol. The number of rotatable bonds is 10. The highest BCUT2D eigenvalue weighted by Gasteiger charge is 2.41. The van der Waals surface area contributed by atoms with Gasteiger partial charge >= 0.3 is 11.9 Å². The molecule has 1 saturated heterocycles. The molecule has 0 saturated carbocycles. The Labute approximate surface area is 255 Å². The van der Waals surface area contributed by atoms with E-state index in [9.17, 15) is 34.5 Å². The van der Waals surface area contributed by atoms with Gasteiger partial charge in [0, 0.05) is 37.8 Å². The number of carboxylic acids is 2. The first-order valence-electron chi connectivity index (χ1n) is 13.7. The highest BCUT2D eigenvalue weighted by Crippen LogP contribution is 2.25. The topological polar surface area (TPSA) is 319 Å². The molecule has 0 bridgehead atoms. The van der Waals surface area contributed by atoms with Gasteiger partial charge in [0.25, 0.3) is 11.5 Å². The van der Waals surface area contributed by atoms with Crippen LogP contribution in [0.5, 0.6) is 0 Å². The molecule has 14 N–H and O–H groups in total. The first-order valence-corrected chi connectivity index (χ1v) is 13.7. The van der Waals surface area contributed by atoms with Gasteiger partial charge in [-0.2, -0.15) is 4.98 Å². The lowest BCUT2D eigenvalue weighted by molar-refractivity contribution is -0.248. The maximum atomic E-state index is 12.3. The Bertz CT molecular complexity index is 1390. The number of aliphatic hydroxyl groups excluding tert-OH is 4. The van der Waals surface area contributed by atoms with E-state index in [0.29, 0.717) is 24.6 Å². The molecule has 3 heterocycles. The van der Waals surface area contributed by atoms with Crippen molar-refractivity contribution < 1.29 is 49.8 Å². The summed E-state index contributed by atoms with van der Waals surface area (Å²) < 4.78 is 4.70. The molecule has 4 rings (SSSR count). The molecule has 19 heteroatoms. The molecule has 2 aliphatic rings. The summed E-state index contributed by atoms with van der Waals surface area (Å²) in [7, 11) is 1.79. The van der Waals surface area contributed by atoms with Crippen LogP contribution in [-0.4, -0.2) is 128 Å². The molecule has 0 aliphatic carbocycles. The van der Waals surface area contributed by atoms with Crippen molar-refractivity contribution in [3.63, 3.8) is 0 Å². The Morgan fingerprint density at radius 1 is 1.16 bits per heavy atom. The average Bonchev–Trinajstić information content (AvgIpc) is 2.99. The predicted octanol–water partition coefficient (Wildman–Crippen LogP) is -3.51. The number of anilines is 4. The fraction of sp³-hybridized carbons (Fsp3) is 0.500. The van der Waals surface area contributed by atoms with E-state index in [1.807, 2.05) is 4.90 Å². The number of fused-ring (bicyclic) bond motifs is 1. The lowest BCUT2D eigenvalue weighted by atomic mass is 9.98. The molecule has 0 spiro atoms. The third kappa shape index (κ3) is 9.00. The Morgan fingerprint density at radius 2 is 1.82 bits per heavy atom. The smallest absolute Gasteiger partial charge is 0.326 e. The van der Waals surface area contributed by atoms with Crippen molar-refractivity contribution in [1.29, 1.82) is 0 Å². The van der Waals surface area contributed by atoms with Gasteiger partial charge in [-0.1, -0.05) is 0 Å². The number of nitrogens with zero attached hydrogens (tertiary/aromatic N) is 2. The van der Waals surface area contributed by atoms with E-state index in [2.05, 4.69) is 25.9 Å². The van der Waals surface area contributed by atoms with E-state index >= 15 is 0 Å². The van der Waals surface area contributed by atoms with Crippen molar-refractivity contribution in [2.75, 3.05) is 48.0 Å². The number of nitrogens with two attached hydrogens (primary N) is 2. The lowest BCUT2D eigenvalue weighted by Gasteiger charge is -2.38. The molecule has 0 radical (unpaired) electrons. The van der Waals surface area contributed by atoms with Crippen molar-refractivity contribution in [1.82, 2.24) is 15.3 Å². The molecule has 1 fully saturated rings. The first-order chi connectivity index (χ1) is 21.2. The average molecular weight is 639 g/mol. The summed E-state index contributed by atoms with van der Waals surface area (Å²) in [6.07, 6.45) is -5.44. The van der Waals surface area contributed by atoms with Crippen LogP contribution in [0.2, 0.25) is 0 Å². The first kappa shape index (κ1) is 35.0. The number of ether oxygens (including phenoxy) is 1. The van der Waals surface area contributed by atoms with Gasteiger partial charge in [0.2, 0.25) is 5.95 Å². The number of benzene rings is 1. The summed E-state index contributed by atoms with van der Waals surface area (Å²) in [5.41, 5.74) is 11.9. The molecule has 7 atom stereocenters. The summed E-state index contributed by atoms with van der Waals surface area (Å²) in [5.74, 6) is -2.59.